The van der Waals surface area contributed by atoms with Gasteiger partial charge in [-0.15, -0.1) is 0 Å². The van der Waals surface area contributed by atoms with Crippen LogP contribution in [0.1, 0.15) is 48.8 Å². The van der Waals surface area contributed by atoms with Crippen LogP contribution in [-0.2, 0) is 27.1 Å². The van der Waals surface area contributed by atoms with Crippen molar-refractivity contribution in [3.63, 3.8) is 0 Å². The molecule has 1 aliphatic heterocycles. The highest BCUT2D eigenvalue weighted by Gasteiger charge is 2.43. The number of alkyl halides is 3. The molecule has 2 atom stereocenters. The smallest absolute Gasteiger partial charge is 0.416 e. The van der Waals surface area contributed by atoms with Gasteiger partial charge < -0.3 is 9.47 Å². The van der Waals surface area contributed by atoms with Gasteiger partial charge in [-0.05, 0) is 49.1 Å². The van der Waals surface area contributed by atoms with Crippen LogP contribution >= 0.6 is 0 Å². The molecule has 4 rings (SSSR count). The molecule has 8 nitrogen and oxygen atoms in total. The number of allylic oxidation sites excluding steroid dienone is 2. The van der Waals surface area contributed by atoms with E-state index in [1.807, 2.05) is 0 Å². The number of Topliss-reactive ketones (excluding diaryl/α,β-unsaturated/α-hetero) is 1. The number of nitro benzene ring substituents is 1. The molecular formula is C26H23F3N2O6. The number of carbonyl (C=O) groups is 2. The molecule has 0 fully saturated rings. The Hall–Kier alpha value is -4.02. The first-order valence-electron chi connectivity index (χ1n) is 11.5. The molecule has 2 aromatic carbocycles. The number of benzene rings is 2. The highest BCUT2D eigenvalue weighted by molar-refractivity contribution is 6.08. The van der Waals surface area contributed by atoms with E-state index in [0.29, 0.717) is 35.4 Å². The Morgan fingerprint density at radius 1 is 1.19 bits per heavy atom. The third-order valence-corrected chi connectivity index (χ3v) is 6.48. The van der Waals surface area contributed by atoms with Crippen LogP contribution in [0.2, 0.25) is 0 Å². The second-order valence-corrected chi connectivity index (χ2v) is 8.84. The van der Waals surface area contributed by atoms with Crippen molar-refractivity contribution in [3.05, 3.63) is 80.5 Å². The number of hydrogen-bond donors (Lipinski definition) is 0. The minimum atomic E-state index is -4.54. The first kappa shape index (κ1) is 26.1. The average molecular weight is 516 g/mol. The lowest BCUT2D eigenvalue weighted by Gasteiger charge is -2.34. The van der Waals surface area contributed by atoms with E-state index in [1.54, 1.807) is 6.92 Å². The van der Waals surface area contributed by atoms with Crippen molar-refractivity contribution in [1.29, 1.82) is 0 Å². The molecule has 0 N–H and O–H groups in total. The van der Waals surface area contributed by atoms with Crippen molar-refractivity contribution in [2.75, 3.05) is 7.11 Å². The maximum Gasteiger partial charge on any atom is 0.416 e. The molecule has 1 aliphatic carbocycles. The van der Waals surface area contributed by atoms with Crippen molar-refractivity contribution >= 4 is 23.2 Å². The number of nitrogens with zero attached hydrogens (tertiary/aromatic N) is 2. The zero-order chi connectivity index (χ0) is 26.9. The summed E-state index contributed by atoms with van der Waals surface area (Å²) < 4.78 is 49.5. The van der Waals surface area contributed by atoms with E-state index >= 15 is 0 Å². The molecule has 1 heterocycles. The third-order valence-electron chi connectivity index (χ3n) is 6.48. The minimum absolute atomic E-state index is 0.161. The normalized spacial score (nSPS) is 19.7. The van der Waals surface area contributed by atoms with E-state index in [9.17, 15) is 32.9 Å². The van der Waals surface area contributed by atoms with Gasteiger partial charge in [0.2, 0.25) is 0 Å². The molecule has 11 heteroatoms. The summed E-state index contributed by atoms with van der Waals surface area (Å²) in [4.78, 5) is 41.3. The van der Waals surface area contributed by atoms with Gasteiger partial charge in [0.1, 0.15) is 12.5 Å². The second-order valence-electron chi connectivity index (χ2n) is 8.84. The zero-order valence-corrected chi connectivity index (χ0v) is 20.0. The summed E-state index contributed by atoms with van der Waals surface area (Å²) in [5.41, 5.74) is 0.566. The fraction of sp³-hybridized carbons (Fsp3) is 0.346. The lowest BCUT2D eigenvalue weighted by molar-refractivity contribution is -0.386. The van der Waals surface area contributed by atoms with E-state index in [2.05, 4.69) is 4.99 Å². The molecule has 0 saturated heterocycles. The van der Waals surface area contributed by atoms with Crippen LogP contribution < -0.4 is 4.74 Å². The lowest BCUT2D eigenvalue weighted by atomic mass is 9.71. The number of methoxy groups -OCH3 is 1. The van der Waals surface area contributed by atoms with Crippen molar-refractivity contribution in [3.8, 4) is 5.75 Å². The Balaban J connectivity index is 1.71. The quantitative estimate of drug-likeness (QED) is 0.283. The van der Waals surface area contributed by atoms with E-state index in [0.717, 1.165) is 12.1 Å². The molecule has 2 aromatic rings. The number of aliphatic imine (C=N–C) groups is 1. The molecule has 0 saturated carbocycles. The lowest BCUT2D eigenvalue weighted by Crippen LogP contribution is -2.36. The first-order chi connectivity index (χ1) is 17.5. The Kier molecular flexibility index (Phi) is 7.15. The van der Waals surface area contributed by atoms with Crippen molar-refractivity contribution in [1.82, 2.24) is 0 Å². The summed E-state index contributed by atoms with van der Waals surface area (Å²) >= 11 is 0. The van der Waals surface area contributed by atoms with Crippen molar-refractivity contribution < 1.29 is 37.2 Å². The van der Waals surface area contributed by atoms with Crippen LogP contribution in [0.15, 0.2) is 58.7 Å². The van der Waals surface area contributed by atoms with Gasteiger partial charge in [-0.2, -0.15) is 13.2 Å². The van der Waals surface area contributed by atoms with Gasteiger partial charge in [0, 0.05) is 35.4 Å². The van der Waals surface area contributed by atoms with Gasteiger partial charge in [0.25, 0.3) is 0 Å². The highest BCUT2D eigenvalue weighted by atomic mass is 19.4. The second kappa shape index (κ2) is 10.2. The summed E-state index contributed by atoms with van der Waals surface area (Å²) in [5.74, 6) is -2.73. The number of carbonyl (C=O) groups excluding carboxylic acids is 2. The van der Waals surface area contributed by atoms with Gasteiger partial charge in [0.05, 0.1) is 17.6 Å². The summed E-state index contributed by atoms with van der Waals surface area (Å²) in [5, 5.41) is 11.9. The van der Waals surface area contributed by atoms with Crippen LogP contribution in [0.4, 0.5) is 18.9 Å². The van der Waals surface area contributed by atoms with Crippen LogP contribution in [-0.4, -0.2) is 29.5 Å². The van der Waals surface area contributed by atoms with Crippen molar-refractivity contribution in [2.45, 2.75) is 44.9 Å². The SMILES string of the molecule is COC(=O)C1C(C)=NC2=C(C(=O)CCC2)[C@H]1c1ccc(OCc2cccc(C(F)(F)F)c2)c([N+](=O)[O-])c1. The summed E-state index contributed by atoms with van der Waals surface area (Å²) in [6, 6.07) is 8.55. The van der Waals surface area contributed by atoms with Crippen LogP contribution in [0.25, 0.3) is 0 Å². The van der Waals surface area contributed by atoms with Crippen LogP contribution in [0.5, 0.6) is 5.75 Å². The van der Waals surface area contributed by atoms with E-state index in [1.165, 1.54) is 37.4 Å². The molecule has 0 bridgehead atoms. The molecular weight excluding hydrogens is 493 g/mol. The van der Waals surface area contributed by atoms with E-state index < -0.39 is 40.2 Å². The van der Waals surface area contributed by atoms with Crippen LogP contribution in [0.3, 0.4) is 0 Å². The summed E-state index contributed by atoms with van der Waals surface area (Å²) in [7, 11) is 1.21. The predicted molar refractivity (Wildman–Crippen MR) is 126 cm³/mol. The largest absolute Gasteiger partial charge is 0.482 e. The zero-order valence-electron chi connectivity index (χ0n) is 20.0. The number of hydrogen-bond acceptors (Lipinski definition) is 7. The Labute approximate surface area is 209 Å². The van der Waals surface area contributed by atoms with Crippen molar-refractivity contribution in [2.24, 2.45) is 10.9 Å². The minimum Gasteiger partial charge on any atom is -0.482 e. The monoisotopic (exact) mass is 516 g/mol. The third kappa shape index (κ3) is 5.25. The summed E-state index contributed by atoms with van der Waals surface area (Å²) in [6.45, 7) is 1.32. The van der Waals surface area contributed by atoms with Gasteiger partial charge in [-0.25, -0.2) is 0 Å². The molecule has 1 unspecified atom stereocenters. The highest BCUT2D eigenvalue weighted by Crippen LogP contribution is 2.45. The van der Waals surface area contributed by atoms with Gasteiger partial charge in [-0.1, -0.05) is 18.2 Å². The topological polar surface area (TPSA) is 108 Å². The van der Waals surface area contributed by atoms with Crippen LogP contribution in [0, 0.1) is 16.0 Å². The number of ketones is 1. The number of rotatable bonds is 6. The fourth-order valence-electron chi connectivity index (χ4n) is 4.79. The number of halogens is 3. The number of esters is 1. The van der Waals surface area contributed by atoms with Gasteiger partial charge in [-0.3, -0.25) is 24.7 Å². The molecule has 0 radical (unpaired) electrons. The average Bonchev–Trinajstić information content (AvgIpc) is 2.86. The summed E-state index contributed by atoms with van der Waals surface area (Å²) in [6.07, 6.45) is -3.10. The van der Waals surface area contributed by atoms with E-state index in [-0.39, 0.29) is 30.1 Å². The Morgan fingerprint density at radius 3 is 2.62 bits per heavy atom. The van der Waals surface area contributed by atoms with E-state index in [4.69, 9.17) is 9.47 Å². The fourth-order valence-corrected chi connectivity index (χ4v) is 4.79. The molecule has 2 aliphatic rings. The standard InChI is InChI=1S/C26H23F3N2O6/c1-14-22(25(33)36-2)23(24-18(30-14)7-4-8-20(24)32)16-9-10-21(19(12-16)31(34)35)37-13-15-5-3-6-17(11-15)26(27,28)29/h3,5-6,9-12,22-23H,4,7-8,13H2,1-2H3/t22?,23-/m0/s1. The van der Waals surface area contributed by atoms with Gasteiger partial charge >= 0.3 is 17.8 Å². The molecule has 0 spiro atoms. The number of ether oxygens (including phenoxy) is 2. The maximum absolute atomic E-state index is 13.0. The Bertz CT molecular complexity index is 1330. The molecule has 194 valence electrons. The first-order valence-corrected chi connectivity index (χ1v) is 11.5. The Morgan fingerprint density at radius 2 is 1.95 bits per heavy atom. The molecule has 0 aromatic heterocycles. The predicted octanol–water partition coefficient (Wildman–Crippen LogP) is 5.55. The molecule has 0 amide bonds. The maximum atomic E-state index is 13.0. The number of nitro groups is 1. The molecule has 37 heavy (non-hydrogen) atoms. The van der Waals surface area contributed by atoms with Gasteiger partial charge in [0.15, 0.2) is 11.5 Å².